The fourth-order valence-electron chi connectivity index (χ4n) is 3.84. The Morgan fingerprint density at radius 3 is 2.68 bits per heavy atom. The van der Waals surface area contributed by atoms with Gasteiger partial charge in [-0.1, -0.05) is 6.07 Å². The van der Waals surface area contributed by atoms with Crippen LogP contribution in [0.15, 0.2) is 72.1 Å². The molecule has 0 amide bonds. The lowest BCUT2D eigenvalue weighted by atomic mass is 9.86. The second-order valence-corrected chi connectivity index (χ2v) is 8.76. The standard InChI is InChI=1S/C27H28N4O5S/c1-4-34-25(32)17-35-21-11-12-24-22(14-21)23(15-27(2,36-24)18-6-5-13-28-16-18)30-31-26(37)29-19-7-9-20(33-3)10-8-19/h5-14,16H,4,15,17H2,1-3H3,(H2,29,31,37)/b30-23+. The molecular weight excluding hydrogens is 492 g/mol. The van der Waals surface area contributed by atoms with E-state index < -0.39 is 11.6 Å². The smallest absolute Gasteiger partial charge is 0.344 e. The van der Waals surface area contributed by atoms with Gasteiger partial charge in [-0.25, -0.2) is 4.79 Å². The van der Waals surface area contributed by atoms with Gasteiger partial charge in [0.2, 0.25) is 0 Å². The zero-order valence-electron chi connectivity index (χ0n) is 20.8. The van der Waals surface area contributed by atoms with E-state index in [0.29, 0.717) is 35.4 Å². The molecule has 10 heteroatoms. The van der Waals surface area contributed by atoms with Gasteiger partial charge in [0, 0.05) is 35.6 Å². The molecule has 9 nitrogen and oxygen atoms in total. The van der Waals surface area contributed by atoms with Crippen molar-refractivity contribution >= 4 is 34.7 Å². The monoisotopic (exact) mass is 520 g/mol. The molecule has 0 saturated carbocycles. The molecular formula is C27H28N4O5S. The van der Waals surface area contributed by atoms with E-state index >= 15 is 0 Å². The minimum atomic E-state index is -0.708. The average molecular weight is 521 g/mol. The van der Waals surface area contributed by atoms with Crippen LogP contribution < -0.4 is 25.0 Å². The number of benzene rings is 2. The molecule has 1 aromatic heterocycles. The topological polar surface area (TPSA) is 103 Å². The molecule has 0 saturated heterocycles. The second-order valence-electron chi connectivity index (χ2n) is 8.36. The van der Waals surface area contributed by atoms with Crippen LogP contribution in [-0.4, -0.2) is 42.1 Å². The zero-order valence-corrected chi connectivity index (χ0v) is 21.6. The first-order valence-electron chi connectivity index (χ1n) is 11.7. The van der Waals surface area contributed by atoms with Crippen molar-refractivity contribution in [2.45, 2.75) is 25.9 Å². The second kappa shape index (κ2) is 11.7. The molecule has 0 radical (unpaired) electrons. The van der Waals surface area contributed by atoms with Crippen molar-refractivity contribution in [2.75, 3.05) is 25.6 Å². The van der Waals surface area contributed by atoms with Crippen molar-refractivity contribution in [3.05, 3.63) is 78.1 Å². The van der Waals surface area contributed by atoms with Gasteiger partial charge in [0.1, 0.15) is 22.8 Å². The van der Waals surface area contributed by atoms with E-state index in [-0.39, 0.29) is 6.61 Å². The van der Waals surface area contributed by atoms with Crippen LogP contribution >= 0.6 is 12.2 Å². The first kappa shape index (κ1) is 25.9. The van der Waals surface area contributed by atoms with Crippen LogP contribution in [0.25, 0.3) is 0 Å². The third-order valence-electron chi connectivity index (χ3n) is 5.68. The number of fused-ring (bicyclic) bond motifs is 1. The number of carbonyl (C=O) groups is 1. The Morgan fingerprint density at radius 1 is 1.19 bits per heavy atom. The number of pyridine rings is 1. The molecule has 4 rings (SSSR count). The molecule has 192 valence electrons. The molecule has 3 aromatic rings. The van der Waals surface area contributed by atoms with E-state index in [1.165, 1.54) is 0 Å². The number of aromatic nitrogens is 1. The highest BCUT2D eigenvalue weighted by Gasteiger charge is 2.37. The summed E-state index contributed by atoms with van der Waals surface area (Å²) in [6.07, 6.45) is 3.94. The number of ether oxygens (including phenoxy) is 4. The highest BCUT2D eigenvalue weighted by molar-refractivity contribution is 7.80. The molecule has 0 fully saturated rings. The van der Waals surface area contributed by atoms with Crippen molar-refractivity contribution in [2.24, 2.45) is 5.10 Å². The van der Waals surface area contributed by atoms with Gasteiger partial charge in [-0.3, -0.25) is 10.4 Å². The quantitative estimate of drug-likeness (QED) is 0.254. The van der Waals surface area contributed by atoms with Gasteiger partial charge in [-0.05, 0) is 74.6 Å². The summed E-state index contributed by atoms with van der Waals surface area (Å²) >= 11 is 5.46. The van der Waals surface area contributed by atoms with Gasteiger partial charge >= 0.3 is 5.97 Å². The Bertz CT molecular complexity index is 1280. The summed E-state index contributed by atoms with van der Waals surface area (Å²) in [6, 6.07) is 16.6. The fourth-order valence-corrected chi connectivity index (χ4v) is 4.00. The van der Waals surface area contributed by atoms with Crippen molar-refractivity contribution in [1.29, 1.82) is 0 Å². The molecule has 0 spiro atoms. The maximum atomic E-state index is 11.7. The molecule has 1 unspecified atom stereocenters. The SMILES string of the molecule is CCOC(=O)COc1ccc2c(c1)/C(=N/NC(=S)Nc1ccc(OC)cc1)CC(C)(c1cccnc1)O2. The van der Waals surface area contributed by atoms with Crippen molar-refractivity contribution in [1.82, 2.24) is 10.4 Å². The molecule has 1 aliphatic heterocycles. The largest absolute Gasteiger partial charge is 0.497 e. The van der Waals surface area contributed by atoms with E-state index in [1.54, 1.807) is 44.6 Å². The third kappa shape index (κ3) is 6.53. The first-order chi connectivity index (χ1) is 17.9. The van der Waals surface area contributed by atoms with Crippen LogP contribution in [0.1, 0.15) is 31.4 Å². The van der Waals surface area contributed by atoms with Crippen LogP contribution in [0.2, 0.25) is 0 Å². The number of hydrazone groups is 1. The van der Waals surface area contributed by atoms with E-state index in [9.17, 15) is 4.79 Å². The van der Waals surface area contributed by atoms with E-state index in [1.807, 2.05) is 43.3 Å². The molecule has 37 heavy (non-hydrogen) atoms. The molecule has 2 heterocycles. The Balaban J connectivity index is 1.58. The van der Waals surface area contributed by atoms with Crippen LogP contribution in [0.4, 0.5) is 5.69 Å². The highest BCUT2D eigenvalue weighted by Crippen LogP contribution is 2.40. The molecule has 1 aliphatic rings. The van der Waals surface area contributed by atoms with Crippen molar-refractivity contribution < 1.29 is 23.7 Å². The third-order valence-corrected chi connectivity index (χ3v) is 5.87. The minimum Gasteiger partial charge on any atom is -0.497 e. The van der Waals surface area contributed by atoms with Gasteiger partial charge in [-0.2, -0.15) is 5.10 Å². The number of nitrogens with zero attached hydrogens (tertiary/aromatic N) is 2. The molecule has 1 atom stereocenters. The molecule has 0 aliphatic carbocycles. The highest BCUT2D eigenvalue weighted by atomic mass is 32.1. The van der Waals surface area contributed by atoms with Crippen molar-refractivity contribution in [3.8, 4) is 17.2 Å². The fraction of sp³-hybridized carbons (Fsp3) is 0.259. The molecule has 2 aromatic carbocycles. The van der Waals surface area contributed by atoms with Crippen LogP contribution in [0, 0.1) is 0 Å². The Kier molecular flexibility index (Phi) is 8.19. The van der Waals surface area contributed by atoms with Crippen LogP contribution in [-0.2, 0) is 15.1 Å². The lowest BCUT2D eigenvalue weighted by Gasteiger charge is -2.36. The maximum Gasteiger partial charge on any atom is 0.344 e. The summed E-state index contributed by atoms with van der Waals surface area (Å²) < 4.78 is 22.2. The number of hydrogen-bond acceptors (Lipinski definition) is 8. The molecule has 2 N–H and O–H groups in total. The van der Waals surface area contributed by atoms with Gasteiger partial charge < -0.3 is 24.3 Å². The summed E-state index contributed by atoms with van der Waals surface area (Å²) in [5.41, 5.74) is 5.36. The summed E-state index contributed by atoms with van der Waals surface area (Å²) in [6.45, 7) is 3.83. The Hall–Kier alpha value is -4.18. The number of rotatable bonds is 8. The zero-order chi connectivity index (χ0) is 26.3. The first-order valence-corrected chi connectivity index (χ1v) is 12.1. The van der Waals surface area contributed by atoms with Crippen LogP contribution in [0.3, 0.4) is 0 Å². The lowest BCUT2D eigenvalue weighted by Crippen LogP contribution is -2.38. The predicted octanol–water partition coefficient (Wildman–Crippen LogP) is 4.42. The van der Waals surface area contributed by atoms with E-state index in [4.69, 9.17) is 31.2 Å². The maximum absolute atomic E-state index is 11.7. The number of esters is 1. The number of hydrogen-bond donors (Lipinski definition) is 2. The van der Waals surface area contributed by atoms with Gasteiger partial charge in [0.05, 0.1) is 19.4 Å². The summed E-state index contributed by atoms with van der Waals surface area (Å²) in [7, 11) is 1.61. The summed E-state index contributed by atoms with van der Waals surface area (Å²) in [5, 5.41) is 8.06. The van der Waals surface area contributed by atoms with Crippen molar-refractivity contribution in [3.63, 3.8) is 0 Å². The normalized spacial score (nSPS) is 17.2. The Morgan fingerprint density at radius 2 is 1.97 bits per heavy atom. The number of anilines is 1. The number of methoxy groups -OCH3 is 1. The lowest BCUT2D eigenvalue weighted by molar-refractivity contribution is -0.145. The summed E-state index contributed by atoms with van der Waals surface area (Å²) in [5.74, 6) is 1.42. The Labute approximate surface area is 220 Å². The van der Waals surface area contributed by atoms with Gasteiger partial charge in [0.25, 0.3) is 0 Å². The number of thiocarbonyl (C=S) groups is 1. The van der Waals surface area contributed by atoms with Gasteiger partial charge in [0.15, 0.2) is 11.7 Å². The minimum absolute atomic E-state index is 0.193. The summed E-state index contributed by atoms with van der Waals surface area (Å²) in [4.78, 5) is 16.0. The van der Waals surface area contributed by atoms with E-state index in [2.05, 4.69) is 20.8 Å². The predicted molar refractivity (Wildman–Crippen MR) is 144 cm³/mol. The number of nitrogens with one attached hydrogen (secondary N) is 2. The average Bonchev–Trinajstić information content (AvgIpc) is 2.91. The van der Waals surface area contributed by atoms with E-state index in [0.717, 1.165) is 22.6 Å². The van der Waals surface area contributed by atoms with Gasteiger partial charge in [-0.15, -0.1) is 0 Å². The number of carbonyl (C=O) groups excluding carboxylic acids is 1. The molecule has 0 bridgehead atoms. The van der Waals surface area contributed by atoms with Crippen LogP contribution in [0.5, 0.6) is 17.2 Å².